The average molecular weight is 252 g/mol. The fourth-order valence-electron chi connectivity index (χ4n) is 1.39. The molecule has 0 aliphatic rings. The lowest BCUT2D eigenvalue weighted by molar-refractivity contribution is 0.186. The summed E-state index contributed by atoms with van der Waals surface area (Å²) in [4.78, 5) is 0. The van der Waals surface area contributed by atoms with E-state index < -0.39 is 8.32 Å². The second-order valence-electron chi connectivity index (χ2n) is 5.95. The molecule has 0 spiro atoms. The highest BCUT2D eigenvalue weighted by Gasteiger charge is 2.39. The van der Waals surface area contributed by atoms with Gasteiger partial charge >= 0.3 is 0 Å². The molecule has 1 heterocycles. The molecule has 0 fully saturated rings. The van der Waals surface area contributed by atoms with E-state index in [-0.39, 0.29) is 11.1 Å². The molecule has 2 nitrogen and oxygen atoms in total. The van der Waals surface area contributed by atoms with Gasteiger partial charge in [0.25, 0.3) is 0 Å². The Kier molecular flexibility index (Phi) is 4.39. The van der Waals surface area contributed by atoms with Gasteiger partial charge < -0.3 is 8.84 Å². The first kappa shape index (κ1) is 14.3. The maximum Gasteiger partial charge on any atom is 0.192 e. The normalized spacial score (nSPS) is 14.6. The van der Waals surface area contributed by atoms with Gasteiger partial charge in [0.15, 0.2) is 8.32 Å². The molecular weight excluding hydrogens is 228 g/mol. The van der Waals surface area contributed by atoms with Crippen molar-refractivity contribution >= 4 is 8.32 Å². The van der Waals surface area contributed by atoms with Crippen LogP contribution in [0.2, 0.25) is 18.1 Å². The third-order valence-electron chi connectivity index (χ3n) is 3.54. The zero-order valence-corrected chi connectivity index (χ0v) is 12.6. The van der Waals surface area contributed by atoms with Crippen LogP contribution < -0.4 is 0 Å². The Balaban J connectivity index is 2.85. The standard InChI is InChI=1S/C14H24O2Si/c1-7-8-13(12-9-10-15-11-12)16-17(5,6)14(2,3)4/h7,9-11,13H,1,8H2,2-6H3/t13-/m1/s1. The molecule has 0 bridgehead atoms. The summed E-state index contributed by atoms with van der Waals surface area (Å²) in [6.45, 7) is 15.1. The Morgan fingerprint density at radius 2 is 2.12 bits per heavy atom. The summed E-state index contributed by atoms with van der Waals surface area (Å²) in [5.74, 6) is 0. The van der Waals surface area contributed by atoms with Crippen LogP contribution in [0.5, 0.6) is 0 Å². The van der Waals surface area contributed by atoms with Crippen molar-refractivity contribution < 1.29 is 8.84 Å². The molecule has 1 rings (SSSR count). The Bertz CT molecular complexity index is 347. The van der Waals surface area contributed by atoms with E-state index >= 15 is 0 Å². The van der Waals surface area contributed by atoms with Gasteiger partial charge in [-0.2, -0.15) is 0 Å². The molecule has 0 aromatic carbocycles. The highest BCUT2D eigenvalue weighted by molar-refractivity contribution is 6.74. The lowest BCUT2D eigenvalue weighted by Crippen LogP contribution is -2.41. The third kappa shape index (κ3) is 3.58. The number of rotatable bonds is 5. The van der Waals surface area contributed by atoms with Crippen LogP contribution in [-0.4, -0.2) is 8.32 Å². The van der Waals surface area contributed by atoms with Crippen molar-refractivity contribution in [2.75, 3.05) is 0 Å². The van der Waals surface area contributed by atoms with Gasteiger partial charge in [0.05, 0.1) is 18.6 Å². The summed E-state index contributed by atoms with van der Waals surface area (Å²) in [6, 6.07) is 1.97. The summed E-state index contributed by atoms with van der Waals surface area (Å²) in [5.41, 5.74) is 1.11. The zero-order chi connectivity index (χ0) is 13.1. The first-order valence-corrected chi connectivity index (χ1v) is 8.99. The van der Waals surface area contributed by atoms with Crippen LogP contribution in [0.25, 0.3) is 0 Å². The summed E-state index contributed by atoms with van der Waals surface area (Å²) < 4.78 is 11.5. The Hall–Kier alpha value is -0.803. The molecule has 0 N–H and O–H groups in total. The minimum absolute atomic E-state index is 0.0761. The third-order valence-corrected chi connectivity index (χ3v) is 8.02. The van der Waals surface area contributed by atoms with Crippen LogP contribution in [0.1, 0.15) is 38.9 Å². The second-order valence-corrected chi connectivity index (χ2v) is 10.7. The summed E-state index contributed by atoms with van der Waals surface area (Å²) in [5, 5.41) is 0.218. The maximum absolute atomic E-state index is 6.39. The van der Waals surface area contributed by atoms with E-state index in [9.17, 15) is 0 Å². The summed E-state index contributed by atoms with van der Waals surface area (Å²) >= 11 is 0. The minimum Gasteiger partial charge on any atom is -0.472 e. The van der Waals surface area contributed by atoms with Crippen LogP contribution in [0.15, 0.2) is 35.7 Å². The fourth-order valence-corrected chi connectivity index (χ4v) is 2.69. The molecule has 0 unspecified atom stereocenters. The van der Waals surface area contributed by atoms with Crippen molar-refractivity contribution in [3.63, 3.8) is 0 Å². The Morgan fingerprint density at radius 3 is 2.53 bits per heavy atom. The van der Waals surface area contributed by atoms with Gasteiger partial charge in [0.1, 0.15) is 0 Å². The lowest BCUT2D eigenvalue weighted by atomic mass is 10.1. The molecule has 0 saturated carbocycles. The van der Waals surface area contributed by atoms with E-state index in [1.165, 1.54) is 0 Å². The van der Waals surface area contributed by atoms with Gasteiger partial charge in [-0.3, -0.25) is 0 Å². The lowest BCUT2D eigenvalue weighted by Gasteiger charge is -2.39. The molecule has 1 aromatic heterocycles. The van der Waals surface area contributed by atoms with Crippen molar-refractivity contribution in [2.45, 2.75) is 51.4 Å². The summed E-state index contributed by atoms with van der Waals surface area (Å²) in [7, 11) is -1.75. The van der Waals surface area contributed by atoms with Crippen LogP contribution in [0.3, 0.4) is 0 Å². The molecule has 0 saturated heterocycles. The fraction of sp³-hybridized carbons (Fsp3) is 0.571. The van der Waals surface area contributed by atoms with E-state index in [4.69, 9.17) is 8.84 Å². The smallest absolute Gasteiger partial charge is 0.192 e. The van der Waals surface area contributed by atoms with Gasteiger partial charge in [-0.1, -0.05) is 26.8 Å². The maximum atomic E-state index is 6.39. The molecule has 96 valence electrons. The number of hydrogen-bond acceptors (Lipinski definition) is 2. The van der Waals surface area contributed by atoms with Crippen molar-refractivity contribution in [3.05, 3.63) is 36.8 Å². The van der Waals surface area contributed by atoms with Gasteiger partial charge in [0.2, 0.25) is 0 Å². The highest BCUT2D eigenvalue weighted by Crippen LogP contribution is 2.40. The van der Waals surface area contributed by atoms with Gasteiger partial charge in [0, 0.05) is 5.56 Å². The largest absolute Gasteiger partial charge is 0.472 e. The minimum atomic E-state index is -1.75. The predicted octanol–water partition coefficient (Wildman–Crippen LogP) is 4.92. The quantitative estimate of drug-likeness (QED) is 0.548. The van der Waals surface area contributed by atoms with Crippen molar-refractivity contribution in [1.82, 2.24) is 0 Å². The molecule has 0 radical (unpaired) electrons. The molecule has 0 aliphatic carbocycles. The first-order valence-electron chi connectivity index (χ1n) is 6.09. The number of hydrogen-bond donors (Lipinski definition) is 0. The SMILES string of the molecule is C=CC[C@@H](O[Si](C)(C)C(C)(C)C)c1ccoc1. The van der Waals surface area contributed by atoms with E-state index in [2.05, 4.69) is 40.4 Å². The van der Waals surface area contributed by atoms with Crippen molar-refractivity contribution in [1.29, 1.82) is 0 Å². The molecule has 1 aromatic rings. The molecular formula is C14H24O2Si. The first-order chi connectivity index (χ1) is 7.78. The second kappa shape index (κ2) is 5.23. The van der Waals surface area contributed by atoms with E-state index in [1.54, 1.807) is 12.5 Å². The summed E-state index contributed by atoms with van der Waals surface area (Å²) in [6.07, 6.45) is 6.27. The van der Waals surface area contributed by atoms with Gasteiger partial charge in [-0.05, 0) is 30.6 Å². The van der Waals surface area contributed by atoms with Crippen LogP contribution in [0.4, 0.5) is 0 Å². The van der Waals surface area contributed by atoms with Gasteiger partial charge in [-0.25, -0.2) is 0 Å². The van der Waals surface area contributed by atoms with Crippen LogP contribution in [-0.2, 0) is 4.43 Å². The van der Waals surface area contributed by atoms with E-state index in [0.29, 0.717) is 0 Å². The molecule has 3 heteroatoms. The monoisotopic (exact) mass is 252 g/mol. The topological polar surface area (TPSA) is 22.4 Å². The van der Waals surface area contributed by atoms with Gasteiger partial charge in [-0.15, -0.1) is 6.58 Å². The van der Waals surface area contributed by atoms with Crippen molar-refractivity contribution in [2.24, 2.45) is 0 Å². The van der Waals surface area contributed by atoms with Crippen molar-refractivity contribution in [3.8, 4) is 0 Å². The Morgan fingerprint density at radius 1 is 1.47 bits per heavy atom. The van der Waals surface area contributed by atoms with E-state index in [1.807, 2.05) is 12.1 Å². The molecule has 17 heavy (non-hydrogen) atoms. The van der Waals surface area contributed by atoms with E-state index in [0.717, 1.165) is 12.0 Å². The Labute approximate surface area is 106 Å². The zero-order valence-electron chi connectivity index (χ0n) is 11.6. The van der Waals surface area contributed by atoms with Crippen LogP contribution in [0, 0.1) is 0 Å². The molecule has 1 atom stereocenters. The highest BCUT2D eigenvalue weighted by atomic mass is 28.4. The number of furan rings is 1. The molecule has 0 amide bonds. The molecule has 0 aliphatic heterocycles. The predicted molar refractivity (Wildman–Crippen MR) is 74.5 cm³/mol. The van der Waals surface area contributed by atoms with Crippen LogP contribution >= 0.6 is 0 Å². The average Bonchev–Trinajstić information content (AvgIpc) is 2.67.